The van der Waals surface area contributed by atoms with Gasteiger partial charge >= 0.3 is 0 Å². The maximum atomic E-state index is 13.2. The molecule has 31 heavy (non-hydrogen) atoms. The van der Waals surface area contributed by atoms with Crippen LogP contribution in [0.1, 0.15) is 45.1 Å². The molecular formula is C23H30N4O3S. The Balaban J connectivity index is 1.76. The zero-order valence-corrected chi connectivity index (χ0v) is 19.2. The lowest BCUT2D eigenvalue weighted by molar-refractivity contribution is 0.0611. The molecule has 2 N–H and O–H groups in total. The number of imidazole rings is 1. The van der Waals surface area contributed by atoms with Crippen LogP contribution >= 0.6 is 0 Å². The molecule has 1 aromatic carbocycles. The second kappa shape index (κ2) is 8.33. The third kappa shape index (κ3) is 4.37. The minimum absolute atomic E-state index is 0.154. The minimum atomic E-state index is -3.69. The molecule has 1 fully saturated rings. The van der Waals surface area contributed by atoms with Crippen LogP contribution in [0.4, 0.5) is 0 Å². The number of ether oxygens (including phenoxy) is 1. The van der Waals surface area contributed by atoms with Crippen LogP contribution in [0.5, 0.6) is 0 Å². The molecule has 7 nitrogen and oxygen atoms in total. The predicted molar refractivity (Wildman–Crippen MR) is 120 cm³/mol. The van der Waals surface area contributed by atoms with Crippen LogP contribution in [0.2, 0.25) is 0 Å². The van der Waals surface area contributed by atoms with Gasteiger partial charge in [0.2, 0.25) is 9.84 Å². The fourth-order valence-electron chi connectivity index (χ4n) is 4.05. The van der Waals surface area contributed by atoms with E-state index in [4.69, 9.17) is 15.5 Å². The van der Waals surface area contributed by atoms with Crippen LogP contribution in [0.25, 0.3) is 11.0 Å². The zero-order valence-electron chi connectivity index (χ0n) is 18.3. The molecule has 3 aromatic rings. The Morgan fingerprint density at radius 1 is 1.13 bits per heavy atom. The number of nitrogens with zero attached hydrogens (tertiary/aromatic N) is 3. The van der Waals surface area contributed by atoms with Gasteiger partial charge in [-0.3, -0.25) is 4.98 Å². The molecule has 0 saturated carbocycles. The average Bonchev–Trinajstić information content (AvgIpc) is 3.13. The van der Waals surface area contributed by atoms with Crippen LogP contribution in [0.3, 0.4) is 0 Å². The lowest BCUT2D eigenvalue weighted by Crippen LogP contribution is -2.25. The van der Waals surface area contributed by atoms with Crippen molar-refractivity contribution >= 4 is 20.9 Å². The van der Waals surface area contributed by atoms with E-state index in [1.807, 2.05) is 6.07 Å². The predicted octanol–water partition coefficient (Wildman–Crippen LogP) is 3.45. The number of pyridine rings is 1. The first-order valence-electron chi connectivity index (χ1n) is 10.7. The van der Waals surface area contributed by atoms with Crippen molar-refractivity contribution in [2.75, 3.05) is 13.2 Å². The van der Waals surface area contributed by atoms with E-state index in [2.05, 4.69) is 30.3 Å². The van der Waals surface area contributed by atoms with Crippen molar-refractivity contribution in [3.05, 3.63) is 48.0 Å². The molecule has 0 atom stereocenters. The number of fused-ring (bicyclic) bond motifs is 1. The van der Waals surface area contributed by atoms with Crippen molar-refractivity contribution in [2.45, 2.75) is 61.9 Å². The third-order valence-electron chi connectivity index (χ3n) is 5.80. The Morgan fingerprint density at radius 3 is 2.45 bits per heavy atom. The smallest absolute Gasteiger partial charge is 0.208 e. The van der Waals surface area contributed by atoms with Crippen molar-refractivity contribution in [3.8, 4) is 0 Å². The Kier molecular flexibility index (Phi) is 5.89. The van der Waals surface area contributed by atoms with E-state index in [1.165, 1.54) is 6.20 Å². The molecule has 0 radical (unpaired) electrons. The van der Waals surface area contributed by atoms with E-state index >= 15 is 0 Å². The standard InChI is InChI=1S/C23H30N4O3S/c1-23(2,3)22-26-20-12-18(31(28,29)19-5-4-17(13-24)25-14-19)6-7-21(20)27(22)15-16-8-10-30-11-9-16/h4-7,12,14,16H,8-11,13,15,24H2,1-3H3. The summed E-state index contributed by atoms with van der Waals surface area (Å²) in [4.78, 5) is 9.39. The maximum absolute atomic E-state index is 13.2. The van der Waals surface area contributed by atoms with E-state index < -0.39 is 9.84 Å². The highest BCUT2D eigenvalue weighted by molar-refractivity contribution is 7.91. The first-order chi connectivity index (χ1) is 14.7. The lowest BCUT2D eigenvalue weighted by atomic mass is 9.94. The van der Waals surface area contributed by atoms with Gasteiger partial charge in [0.05, 0.1) is 26.5 Å². The fraction of sp³-hybridized carbons (Fsp3) is 0.478. The number of nitrogens with two attached hydrogens (primary N) is 1. The monoisotopic (exact) mass is 442 g/mol. The van der Waals surface area contributed by atoms with Crippen LogP contribution in [0.15, 0.2) is 46.3 Å². The van der Waals surface area contributed by atoms with Crippen LogP contribution < -0.4 is 5.73 Å². The highest BCUT2D eigenvalue weighted by Crippen LogP contribution is 2.31. The summed E-state index contributed by atoms with van der Waals surface area (Å²) in [5.74, 6) is 1.50. The van der Waals surface area contributed by atoms with Crippen molar-refractivity contribution < 1.29 is 13.2 Å². The van der Waals surface area contributed by atoms with Crippen molar-refractivity contribution in [1.82, 2.24) is 14.5 Å². The van der Waals surface area contributed by atoms with Crippen LogP contribution in [-0.2, 0) is 33.1 Å². The van der Waals surface area contributed by atoms with E-state index in [1.54, 1.807) is 24.3 Å². The summed E-state index contributed by atoms with van der Waals surface area (Å²) in [5, 5.41) is 0. The van der Waals surface area contributed by atoms with Gasteiger partial charge in [0, 0.05) is 37.9 Å². The number of rotatable bonds is 5. The summed E-state index contributed by atoms with van der Waals surface area (Å²) in [6.07, 6.45) is 3.43. The first kappa shape index (κ1) is 21.9. The van der Waals surface area contributed by atoms with Crippen molar-refractivity contribution in [1.29, 1.82) is 0 Å². The highest BCUT2D eigenvalue weighted by atomic mass is 32.2. The van der Waals surface area contributed by atoms with Gasteiger partial charge in [-0.2, -0.15) is 0 Å². The van der Waals surface area contributed by atoms with Gasteiger partial charge in [0.1, 0.15) is 5.82 Å². The van der Waals surface area contributed by atoms with Gasteiger partial charge in [-0.25, -0.2) is 13.4 Å². The number of benzene rings is 1. The molecule has 0 unspecified atom stereocenters. The second-order valence-electron chi connectivity index (χ2n) is 9.20. The summed E-state index contributed by atoms with van der Waals surface area (Å²) >= 11 is 0. The van der Waals surface area contributed by atoms with E-state index in [0.29, 0.717) is 17.1 Å². The van der Waals surface area contributed by atoms with E-state index in [-0.39, 0.29) is 21.8 Å². The topological polar surface area (TPSA) is 100 Å². The van der Waals surface area contributed by atoms with Crippen LogP contribution in [-0.4, -0.2) is 36.2 Å². The summed E-state index contributed by atoms with van der Waals surface area (Å²) in [6, 6.07) is 8.43. The van der Waals surface area contributed by atoms with Gasteiger partial charge in [-0.1, -0.05) is 20.8 Å². The van der Waals surface area contributed by atoms with Crippen LogP contribution in [0, 0.1) is 5.92 Å². The largest absolute Gasteiger partial charge is 0.381 e. The number of hydrogen-bond donors (Lipinski definition) is 1. The first-order valence-corrected chi connectivity index (χ1v) is 12.2. The van der Waals surface area contributed by atoms with Gasteiger partial charge in [0.15, 0.2) is 0 Å². The van der Waals surface area contributed by atoms with Gasteiger partial charge in [0.25, 0.3) is 0 Å². The minimum Gasteiger partial charge on any atom is -0.381 e. The molecule has 4 rings (SSSR count). The molecule has 1 aliphatic heterocycles. The highest BCUT2D eigenvalue weighted by Gasteiger charge is 2.27. The summed E-state index contributed by atoms with van der Waals surface area (Å²) in [7, 11) is -3.69. The lowest BCUT2D eigenvalue weighted by Gasteiger charge is -2.26. The molecule has 1 saturated heterocycles. The molecule has 0 spiro atoms. The van der Waals surface area contributed by atoms with E-state index in [0.717, 1.165) is 43.9 Å². The molecule has 0 aliphatic carbocycles. The van der Waals surface area contributed by atoms with Crippen molar-refractivity contribution in [3.63, 3.8) is 0 Å². The molecule has 0 bridgehead atoms. The fourth-order valence-corrected chi connectivity index (χ4v) is 5.27. The molecule has 166 valence electrons. The Labute approximate surface area is 183 Å². The Hall–Kier alpha value is -2.29. The van der Waals surface area contributed by atoms with Gasteiger partial charge in [-0.15, -0.1) is 0 Å². The quantitative estimate of drug-likeness (QED) is 0.650. The Bertz CT molecular complexity index is 1170. The Morgan fingerprint density at radius 2 is 1.84 bits per heavy atom. The molecule has 3 heterocycles. The average molecular weight is 443 g/mol. The molecular weight excluding hydrogens is 412 g/mol. The number of aromatic nitrogens is 3. The van der Waals surface area contributed by atoms with Gasteiger partial charge < -0.3 is 15.0 Å². The molecule has 0 amide bonds. The molecule has 1 aliphatic rings. The third-order valence-corrected chi connectivity index (χ3v) is 7.54. The number of hydrogen-bond acceptors (Lipinski definition) is 6. The summed E-state index contributed by atoms with van der Waals surface area (Å²) in [6.45, 7) is 9.13. The zero-order chi connectivity index (χ0) is 22.2. The second-order valence-corrected chi connectivity index (χ2v) is 11.1. The maximum Gasteiger partial charge on any atom is 0.208 e. The normalized spacial score (nSPS) is 16.1. The SMILES string of the molecule is CC(C)(C)c1nc2cc(S(=O)(=O)c3ccc(CN)nc3)ccc2n1CC1CCOCC1. The molecule has 8 heteroatoms. The van der Waals surface area contributed by atoms with E-state index in [9.17, 15) is 8.42 Å². The van der Waals surface area contributed by atoms with Gasteiger partial charge in [-0.05, 0) is 49.1 Å². The summed E-state index contributed by atoms with van der Waals surface area (Å²) in [5.41, 5.74) is 7.72. The van der Waals surface area contributed by atoms with Crippen molar-refractivity contribution in [2.24, 2.45) is 11.7 Å². The number of sulfone groups is 1. The molecule has 2 aromatic heterocycles. The summed E-state index contributed by atoms with van der Waals surface area (Å²) < 4.78 is 34.1.